The molecule has 1 aliphatic carbocycles. The van der Waals surface area contributed by atoms with E-state index in [1.807, 2.05) is 12.1 Å². The average molecular weight is 260 g/mol. The summed E-state index contributed by atoms with van der Waals surface area (Å²) >= 11 is 0. The van der Waals surface area contributed by atoms with Crippen LogP contribution in [0.25, 0.3) is 0 Å². The Labute approximate surface area is 115 Å². The van der Waals surface area contributed by atoms with Crippen molar-refractivity contribution in [1.82, 2.24) is 5.32 Å². The summed E-state index contributed by atoms with van der Waals surface area (Å²) in [5, 5.41) is 3.18. The third-order valence-electron chi connectivity index (χ3n) is 3.99. The molecule has 2 unspecified atom stereocenters. The molecule has 1 aliphatic rings. The lowest BCUT2D eigenvalue weighted by molar-refractivity contribution is -0.124. The van der Waals surface area contributed by atoms with E-state index in [4.69, 9.17) is 5.73 Å². The van der Waals surface area contributed by atoms with Crippen molar-refractivity contribution >= 4 is 5.91 Å². The molecule has 0 heterocycles. The van der Waals surface area contributed by atoms with Gasteiger partial charge in [-0.2, -0.15) is 0 Å². The van der Waals surface area contributed by atoms with Crippen molar-refractivity contribution in [2.75, 3.05) is 6.54 Å². The second kappa shape index (κ2) is 5.33. The fraction of sp³-hybridized carbons (Fsp3) is 0.562. The first-order valence-corrected chi connectivity index (χ1v) is 7.01. The van der Waals surface area contributed by atoms with Crippen LogP contribution in [0.3, 0.4) is 0 Å². The van der Waals surface area contributed by atoms with Crippen molar-refractivity contribution in [2.45, 2.75) is 45.6 Å². The Kier molecular flexibility index (Phi) is 3.95. The SMILES string of the molecule is CC(C)(C)C(CCN)NC(=O)C1Cc2ccccc21. The standard InChI is InChI=1S/C16H24N2O/c1-16(2,3)14(8-9-17)18-15(19)13-10-11-6-4-5-7-12(11)13/h4-7,13-14H,8-10,17H2,1-3H3,(H,18,19). The van der Waals surface area contributed by atoms with E-state index in [0.717, 1.165) is 12.8 Å². The number of hydrogen-bond donors (Lipinski definition) is 2. The zero-order valence-electron chi connectivity index (χ0n) is 12.1. The van der Waals surface area contributed by atoms with Gasteiger partial charge in [-0.15, -0.1) is 0 Å². The summed E-state index contributed by atoms with van der Waals surface area (Å²) in [6.07, 6.45) is 1.69. The summed E-state index contributed by atoms with van der Waals surface area (Å²) in [5.41, 5.74) is 8.17. The predicted molar refractivity (Wildman–Crippen MR) is 77.9 cm³/mol. The van der Waals surface area contributed by atoms with E-state index in [0.29, 0.717) is 6.54 Å². The molecule has 0 spiro atoms. The van der Waals surface area contributed by atoms with Gasteiger partial charge in [0, 0.05) is 6.04 Å². The van der Waals surface area contributed by atoms with E-state index >= 15 is 0 Å². The van der Waals surface area contributed by atoms with Gasteiger partial charge in [0.25, 0.3) is 0 Å². The van der Waals surface area contributed by atoms with E-state index in [2.05, 4.69) is 38.2 Å². The molecule has 104 valence electrons. The second-order valence-electron chi connectivity index (χ2n) is 6.46. The molecule has 0 saturated carbocycles. The van der Waals surface area contributed by atoms with E-state index in [1.54, 1.807) is 0 Å². The van der Waals surface area contributed by atoms with Crippen molar-refractivity contribution in [1.29, 1.82) is 0 Å². The minimum absolute atomic E-state index is 0.0267. The molecule has 0 aromatic heterocycles. The highest BCUT2D eigenvalue weighted by Gasteiger charge is 2.34. The Hall–Kier alpha value is -1.35. The Morgan fingerprint density at radius 1 is 1.42 bits per heavy atom. The molecular formula is C16H24N2O. The second-order valence-corrected chi connectivity index (χ2v) is 6.46. The molecule has 0 saturated heterocycles. The van der Waals surface area contributed by atoms with Crippen molar-refractivity contribution in [3.8, 4) is 0 Å². The van der Waals surface area contributed by atoms with E-state index in [1.165, 1.54) is 11.1 Å². The van der Waals surface area contributed by atoms with Gasteiger partial charge >= 0.3 is 0 Å². The number of carbonyl (C=O) groups is 1. The first-order chi connectivity index (χ1) is 8.93. The molecule has 3 nitrogen and oxygen atoms in total. The summed E-state index contributed by atoms with van der Waals surface area (Å²) in [5.74, 6) is 0.172. The highest BCUT2D eigenvalue weighted by Crippen LogP contribution is 2.35. The van der Waals surface area contributed by atoms with E-state index in [9.17, 15) is 4.79 Å². The lowest BCUT2D eigenvalue weighted by atomic mass is 9.76. The molecule has 2 rings (SSSR count). The Morgan fingerprint density at radius 3 is 2.68 bits per heavy atom. The normalized spacial score (nSPS) is 19.3. The number of benzene rings is 1. The molecular weight excluding hydrogens is 236 g/mol. The Balaban J connectivity index is 2.02. The third-order valence-corrected chi connectivity index (χ3v) is 3.99. The molecule has 0 radical (unpaired) electrons. The van der Waals surface area contributed by atoms with Gasteiger partial charge in [0.05, 0.1) is 5.92 Å². The van der Waals surface area contributed by atoms with Gasteiger partial charge < -0.3 is 11.1 Å². The summed E-state index contributed by atoms with van der Waals surface area (Å²) < 4.78 is 0. The quantitative estimate of drug-likeness (QED) is 0.872. The zero-order chi connectivity index (χ0) is 14.0. The molecule has 2 atom stereocenters. The van der Waals surface area contributed by atoms with Crippen LogP contribution in [0.1, 0.15) is 44.2 Å². The molecule has 3 heteroatoms. The van der Waals surface area contributed by atoms with Crippen LogP contribution >= 0.6 is 0 Å². The maximum absolute atomic E-state index is 12.4. The number of carbonyl (C=O) groups excluding carboxylic acids is 1. The lowest BCUT2D eigenvalue weighted by Gasteiger charge is -2.35. The fourth-order valence-corrected chi connectivity index (χ4v) is 2.65. The van der Waals surface area contributed by atoms with Crippen LogP contribution in [0.2, 0.25) is 0 Å². The van der Waals surface area contributed by atoms with Crippen molar-refractivity contribution in [2.24, 2.45) is 11.1 Å². The van der Waals surface area contributed by atoms with Gasteiger partial charge in [0.15, 0.2) is 0 Å². The van der Waals surface area contributed by atoms with Crippen LogP contribution in [0.4, 0.5) is 0 Å². The largest absolute Gasteiger partial charge is 0.352 e. The maximum atomic E-state index is 12.4. The van der Waals surface area contributed by atoms with Gasteiger partial charge in [0.2, 0.25) is 5.91 Å². The van der Waals surface area contributed by atoms with Crippen molar-refractivity contribution in [3.63, 3.8) is 0 Å². The van der Waals surface area contributed by atoms with Gasteiger partial charge in [-0.05, 0) is 35.9 Å². The van der Waals surface area contributed by atoms with Gasteiger partial charge in [-0.25, -0.2) is 0 Å². The molecule has 0 aliphatic heterocycles. The Morgan fingerprint density at radius 2 is 2.11 bits per heavy atom. The van der Waals surface area contributed by atoms with Crippen LogP contribution in [0.5, 0.6) is 0 Å². The van der Waals surface area contributed by atoms with Crippen molar-refractivity contribution in [3.05, 3.63) is 35.4 Å². The predicted octanol–water partition coefficient (Wildman–Crippen LogP) is 2.21. The molecule has 1 aromatic carbocycles. The Bertz CT molecular complexity index is 462. The van der Waals surface area contributed by atoms with Gasteiger partial charge in [0.1, 0.15) is 0 Å². The number of rotatable bonds is 4. The fourth-order valence-electron chi connectivity index (χ4n) is 2.65. The topological polar surface area (TPSA) is 55.1 Å². The lowest BCUT2D eigenvalue weighted by Crippen LogP contribution is -2.48. The highest BCUT2D eigenvalue weighted by molar-refractivity contribution is 5.87. The minimum atomic E-state index is 0.0267. The van der Waals surface area contributed by atoms with Crippen LogP contribution in [0, 0.1) is 5.41 Å². The molecule has 0 bridgehead atoms. The number of fused-ring (bicyclic) bond motifs is 1. The van der Waals surface area contributed by atoms with Gasteiger partial charge in [-0.1, -0.05) is 45.0 Å². The van der Waals surface area contributed by atoms with Crippen molar-refractivity contribution < 1.29 is 4.79 Å². The van der Waals surface area contributed by atoms with Crippen LogP contribution in [-0.4, -0.2) is 18.5 Å². The number of nitrogens with one attached hydrogen (secondary N) is 1. The highest BCUT2D eigenvalue weighted by atomic mass is 16.2. The zero-order valence-corrected chi connectivity index (χ0v) is 12.1. The minimum Gasteiger partial charge on any atom is -0.352 e. The number of nitrogens with two attached hydrogens (primary N) is 1. The summed E-state index contributed by atoms with van der Waals surface area (Å²) in [6.45, 7) is 7.02. The van der Waals surface area contributed by atoms with E-state index < -0.39 is 0 Å². The van der Waals surface area contributed by atoms with E-state index in [-0.39, 0.29) is 23.3 Å². The first-order valence-electron chi connectivity index (χ1n) is 7.01. The monoisotopic (exact) mass is 260 g/mol. The average Bonchev–Trinajstić information content (AvgIpc) is 2.29. The van der Waals surface area contributed by atoms with Gasteiger partial charge in [-0.3, -0.25) is 4.79 Å². The summed E-state index contributed by atoms with van der Waals surface area (Å²) in [7, 11) is 0. The van der Waals surface area contributed by atoms with Crippen LogP contribution < -0.4 is 11.1 Å². The number of hydrogen-bond acceptors (Lipinski definition) is 2. The summed E-state index contributed by atoms with van der Waals surface area (Å²) in [4.78, 5) is 12.4. The first kappa shape index (κ1) is 14.1. The molecule has 0 fully saturated rings. The molecule has 1 amide bonds. The third kappa shape index (κ3) is 2.98. The summed E-state index contributed by atoms with van der Waals surface area (Å²) in [6, 6.07) is 8.31. The van der Waals surface area contributed by atoms with Crippen LogP contribution in [0.15, 0.2) is 24.3 Å². The smallest absolute Gasteiger partial charge is 0.228 e. The maximum Gasteiger partial charge on any atom is 0.228 e. The van der Waals surface area contributed by atoms with Crippen LogP contribution in [-0.2, 0) is 11.2 Å². The molecule has 1 aromatic rings. The number of amides is 1. The molecule has 3 N–H and O–H groups in total. The molecule has 19 heavy (non-hydrogen) atoms.